The number of aromatic nitrogens is 2. The molecule has 1 aromatic heterocycles. The van der Waals surface area contributed by atoms with E-state index in [0.29, 0.717) is 10.8 Å². The second kappa shape index (κ2) is 3.55. The summed E-state index contributed by atoms with van der Waals surface area (Å²) in [5.74, 6) is 4.90. The first-order valence-corrected chi connectivity index (χ1v) is 3.08. The zero-order valence-electron chi connectivity index (χ0n) is 5.37. The standard InChI is InChI=1S/C7H2ClN3/c8-6-4-10-7(11-5-6)2-1-3-9/h4-5H. The van der Waals surface area contributed by atoms with Crippen molar-refractivity contribution in [3.05, 3.63) is 23.2 Å². The van der Waals surface area contributed by atoms with E-state index in [1.165, 1.54) is 12.4 Å². The van der Waals surface area contributed by atoms with Crippen molar-refractivity contribution in [2.45, 2.75) is 0 Å². The molecule has 0 saturated heterocycles. The van der Waals surface area contributed by atoms with Gasteiger partial charge in [0.1, 0.15) is 0 Å². The molecular weight excluding hydrogens is 162 g/mol. The summed E-state index contributed by atoms with van der Waals surface area (Å²) < 4.78 is 0. The third-order valence-electron chi connectivity index (χ3n) is 0.851. The minimum atomic E-state index is 0.302. The SMILES string of the molecule is N#CC#Cc1ncc(Cl)cn1. The van der Waals surface area contributed by atoms with Crippen molar-refractivity contribution in [1.29, 1.82) is 5.26 Å². The van der Waals surface area contributed by atoms with Crippen LogP contribution in [0.25, 0.3) is 0 Å². The molecule has 3 nitrogen and oxygen atoms in total. The van der Waals surface area contributed by atoms with Crippen LogP contribution in [0.15, 0.2) is 12.4 Å². The van der Waals surface area contributed by atoms with E-state index < -0.39 is 0 Å². The fourth-order valence-electron chi connectivity index (χ4n) is 0.461. The molecule has 0 N–H and O–H groups in total. The second-order valence-corrected chi connectivity index (χ2v) is 2.02. The van der Waals surface area contributed by atoms with Gasteiger partial charge in [0.2, 0.25) is 5.82 Å². The monoisotopic (exact) mass is 163 g/mol. The van der Waals surface area contributed by atoms with Gasteiger partial charge in [0, 0.05) is 5.92 Å². The molecule has 52 valence electrons. The second-order valence-electron chi connectivity index (χ2n) is 1.59. The fraction of sp³-hybridized carbons (Fsp3) is 0. The van der Waals surface area contributed by atoms with Crippen LogP contribution in [-0.4, -0.2) is 9.97 Å². The van der Waals surface area contributed by atoms with E-state index in [9.17, 15) is 0 Å². The maximum atomic E-state index is 8.08. The van der Waals surface area contributed by atoms with Gasteiger partial charge in [-0.3, -0.25) is 0 Å². The third-order valence-corrected chi connectivity index (χ3v) is 1.05. The lowest BCUT2D eigenvalue weighted by molar-refractivity contribution is 1.13. The van der Waals surface area contributed by atoms with Gasteiger partial charge in [-0.05, 0) is 5.92 Å². The van der Waals surface area contributed by atoms with Crippen molar-refractivity contribution in [3.63, 3.8) is 0 Å². The Labute approximate surface area is 68.7 Å². The van der Waals surface area contributed by atoms with Crippen LogP contribution in [0, 0.1) is 23.2 Å². The maximum Gasteiger partial charge on any atom is 0.205 e. The van der Waals surface area contributed by atoms with E-state index in [0.717, 1.165) is 0 Å². The molecular formula is C7H2ClN3. The lowest BCUT2D eigenvalue weighted by atomic mass is 10.5. The molecule has 0 radical (unpaired) electrons. The molecule has 0 aliphatic rings. The summed E-state index contributed by atoms with van der Waals surface area (Å²) in [6.45, 7) is 0. The summed E-state index contributed by atoms with van der Waals surface area (Å²) in [6, 6.07) is 1.66. The highest BCUT2D eigenvalue weighted by atomic mass is 35.5. The average Bonchev–Trinajstić information content (AvgIpc) is 2.04. The highest BCUT2D eigenvalue weighted by molar-refractivity contribution is 6.30. The van der Waals surface area contributed by atoms with Gasteiger partial charge >= 0.3 is 0 Å². The molecule has 1 rings (SSSR count). The molecule has 1 aromatic rings. The van der Waals surface area contributed by atoms with Crippen molar-refractivity contribution in [2.24, 2.45) is 0 Å². The predicted molar refractivity (Wildman–Crippen MR) is 39.5 cm³/mol. The Balaban J connectivity index is 2.93. The first kappa shape index (κ1) is 7.53. The molecule has 0 aliphatic heterocycles. The Bertz CT molecular complexity index is 339. The van der Waals surface area contributed by atoms with Gasteiger partial charge in [-0.25, -0.2) is 9.97 Å². The van der Waals surface area contributed by atoms with E-state index in [-0.39, 0.29) is 0 Å². The van der Waals surface area contributed by atoms with Crippen LogP contribution in [-0.2, 0) is 0 Å². The molecule has 0 fully saturated rings. The smallest absolute Gasteiger partial charge is 0.205 e. The largest absolute Gasteiger partial charge is 0.228 e. The quantitative estimate of drug-likeness (QED) is 0.537. The third kappa shape index (κ3) is 2.25. The minimum absolute atomic E-state index is 0.302. The predicted octanol–water partition coefficient (Wildman–Crippen LogP) is 1.01. The van der Waals surface area contributed by atoms with Gasteiger partial charge in [-0.15, -0.1) is 0 Å². The number of nitrogens with zero attached hydrogens (tertiary/aromatic N) is 3. The Morgan fingerprint density at radius 3 is 2.55 bits per heavy atom. The minimum Gasteiger partial charge on any atom is -0.228 e. The number of hydrogen-bond acceptors (Lipinski definition) is 3. The van der Waals surface area contributed by atoms with Crippen molar-refractivity contribution >= 4 is 11.6 Å². The number of nitriles is 1. The maximum absolute atomic E-state index is 8.08. The topological polar surface area (TPSA) is 49.6 Å². The van der Waals surface area contributed by atoms with Gasteiger partial charge in [-0.1, -0.05) is 11.6 Å². The summed E-state index contributed by atoms with van der Waals surface area (Å²) in [4.78, 5) is 7.50. The molecule has 0 unspecified atom stereocenters. The highest BCUT2D eigenvalue weighted by Gasteiger charge is 1.88. The van der Waals surface area contributed by atoms with Gasteiger partial charge in [-0.2, -0.15) is 5.26 Å². The Kier molecular flexibility index (Phi) is 2.43. The van der Waals surface area contributed by atoms with E-state index in [2.05, 4.69) is 21.8 Å². The molecule has 0 bridgehead atoms. The number of rotatable bonds is 0. The van der Waals surface area contributed by atoms with E-state index in [4.69, 9.17) is 16.9 Å². The molecule has 0 amide bonds. The van der Waals surface area contributed by atoms with Crippen LogP contribution in [0.4, 0.5) is 0 Å². The zero-order chi connectivity index (χ0) is 8.10. The van der Waals surface area contributed by atoms with Crippen LogP contribution in [0.5, 0.6) is 0 Å². The average molecular weight is 164 g/mol. The first-order valence-electron chi connectivity index (χ1n) is 2.70. The summed E-state index contributed by atoms with van der Waals surface area (Å²) in [5, 5.41) is 8.53. The summed E-state index contributed by atoms with van der Waals surface area (Å²) in [6.07, 6.45) is 2.85. The van der Waals surface area contributed by atoms with Gasteiger partial charge in [0.25, 0.3) is 0 Å². The van der Waals surface area contributed by atoms with E-state index in [1.54, 1.807) is 6.07 Å². The van der Waals surface area contributed by atoms with Crippen molar-refractivity contribution in [2.75, 3.05) is 0 Å². The first-order chi connectivity index (χ1) is 5.33. The van der Waals surface area contributed by atoms with Crippen molar-refractivity contribution in [1.82, 2.24) is 9.97 Å². The highest BCUT2D eigenvalue weighted by Crippen LogP contribution is 2.01. The Hall–Kier alpha value is -1.58. The molecule has 0 aliphatic carbocycles. The lowest BCUT2D eigenvalue weighted by Crippen LogP contribution is -1.85. The normalized spacial score (nSPS) is 7.64. The van der Waals surface area contributed by atoms with E-state index in [1.807, 2.05) is 0 Å². The number of hydrogen-bond donors (Lipinski definition) is 0. The molecule has 0 atom stereocenters. The van der Waals surface area contributed by atoms with E-state index >= 15 is 0 Å². The van der Waals surface area contributed by atoms with Crippen LogP contribution < -0.4 is 0 Å². The van der Waals surface area contributed by atoms with Crippen LogP contribution in [0.3, 0.4) is 0 Å². The summed E-state index contributed by atoms with van der Waals surface area (Å²) in [7, 11) is 0. The van der Waals surface area contributed by atoms with Crippen molar-refractivity contribution in [3.8, 4) is 17.9 Å². The van der Waals surface area contributed by atoms with Gasteiger partial charge < -0.3 is 0 Å². The molecule has 11 heavy (non-hydrogen) atoms. The molecule has 4 heteroatoms. The Morgan fingerprint density at radius 2 is 2.00 bits per heavy atom. The summed E-state index contributed by atoms with van der Waals surface area (Å²) >= 11 is 5.51. The lowest BCUT2D eigenvalue weighted by Gasteiger charge is -1.86. The van der Waals surface area contributed by atoms with Crippen LogP contribution in [0.2, 0.25) is 5.02 Å². The molecule has 0 saturated carbocycles. The van der Waals surface area contributed by atoms with Gasteiger partial charge in [0.05, 0.1) is 17.4 Å². The zero-order valence-corrected chi connectivity index (χ0v) is 6.13. The van der Waals surface area contributed by atoms with Crippen LogP contribution >= 0.6 is 11.6 Å². The van der Waals surface area contributed by atoms with Crippen molar-refractivity contribution < 1.29 is 0 Å². The van der Waals surface area contributed by atoms with Gasteiger partial charge in [0.15, 0.2) is 6.07 Å². The molecule has 1 heterocycles. The molecule has 0 aromatic carbocycles. The van der Waals surface area contributed by atoms with Crippen LogP contribution in [0.1, 0.15) is 5.82 Å². The fourth-order valence-corrected chi connectivity index (χ4v) is 0.558. The Morgan fingerprint density at radius 1 is 1.36 bits per heavy atom. The summed E-state index contributed by atoms with van der Waals surface area (Å²) in [5.41, 5.74) is 0. The number of halogens is 1. The molecule has 0 spiro atoms.